The predicted molar refractivity (Wildman–Crippen MR) is 111 cm³/mol. The van der Waals surface area contributed by atoms with E-state index in [4.69, 9.17) is 0 Å². The summed E-state index contributed by atoms with van der Waals surface area (Å²) in [6, 6.07) is 11.8. The molecule has 0 heterocycles. The fourth-order valence-electron chi connectivity index (χ4n) is 2.35. The van der Waals surface area contributed by atoms with E-state index in [2.05, 4.69) is 15.4 Å². The summed E-state index contributed by atoms with van der Waals surface area (Å²) in [6.45, 7) is 6.00. The third-order valence-electron chi connectivity index (χ3n) is 4.21. The molecule has 0 saturated carbocycles. The standard InChI is InChI=1S/C19H25N3O3S.ClH/c1-13-9-10-16(11-17(13)19(23)21-12-15(3)20-4)26(24,25)22-18-8-6-5-7-14(18)2;/h5-11,15,20,22H,12H2,1-4H3,(H,21,23);1H. The number of aryl methyl sites for hydroxylation is 2. The van der Waals surface area contributed by atoms with Gasteiger partial charge in [0.15, 0.2) is 0 Å². The highest BCUT2D eigenvalue weighted by molar-refractivity contribution is 7.92. The van der Waals surface area contributed by atoms with Crippen molar-refractivity contribution in [2.24, 2.45) is 0 Å². The number of hydrogen-bond acceptors (Lipinski definition) is 4. The molecular formula is C19H26ClN3O3S. The summed E-state index contributed by atoms with van der Waals surface area (Å²) in [4.78, 5) is 12.5. The maximum atomic E-state index is 12.7. The summed E-state index contributed by atoms with van der Waals surface area (Å²) in [6.07, 6.45) is 0. The average molecular weight is 412 g/mol. The van der Waals surface area contributed by atoms with Crippen LogP contribution in [0, 0.1) is 13.8 Å². The molecule has 2 rings (SSSR count). The van der Waals surface area contributed by atoms with Crippen LogP contribution in [0.5, 0.6) is 0 Å². The number of rotatable bonds is 7. The second kappa shape index (κ2) is 9.73. The minimum absolute atomic E-state index is 0. The van der Waals surface area contributed by atoms with Gasteiger partial charge in [-0.05, 0) is 57.1 Å². The number of likely N-dealkylation sites (N-methyl/N-ethyl adjacent to an activating group) is 1. The van der Waals surface area contributed by atoms with E-state index >= 15 is 0 Å². The molecule has 0 saturated heterocycles. The second-order valence-electron chi connectivity index (χ2n) is 6.30. The van der Waals surface area contributed by atoms with Crippen LogP contribution in [0.4, 0.5) is 5.69 Å². The fourth-order valence-corrected chi connectivity index (χ4v) is 3.50. The van der Waals surface area contributed by atoms with Crippen molar-refractivity contribution < 1.29 is 13.2 Å². The number of anilines is 1. The number of para-hydroxylation sites is 1. The van der Waals surface area contributed by atoms with Crippen LogP contribution in [0.1, 0.15) is 28.4 Å². The Kier molecular flexibility index (Phi) is 8.27. The maximum Gasteiger partial charge on any atom is 0.261 e. The van der Waals surface area contributed by atoms with E-state index in [1.54, 1.807) is 25.1 Å². The van der Waals surface area contributed by atoms with Gasteiger partial charge in [-0.1, -0.05) is 24.3 Å². The van der Waals surface area contributed by atoms with Gasteiger partial charge < -0.3 is 10.6 Å². The van der Waals surface area contributed by atoms with Gasteiger partial charge in [0.1, 0.15) is 0 Å². The first kappa shape index (κ1) is 23.0. The number of nitrogens with one attached hydrogen (secondary N) is 3. The molecule has 148 valence electrons. The van der Waals surface area contributed by atoms with Crippen molar-refractivity contribution in [2.45, 2.75) is 31.7 Å². The largest absolute Gasteiger partial charge is 0.350 e. The summed E-state index contributed by atoms with van der Waals surface area (Å²) >= 11 is 0. The third-order valence-corrected chi connectivity index (χ3v) is 5.58. The summed E-state index contributed by atoms with van der Waals surface area (Å²) < 4.78 is 28.0. The molecule has 1 amide bonds. The lowest BCUT2D eigenvalue weighted by atomic mass is 10.1. The zero-order valence-corrected chi connectivity index (χ0v) is 17.5. The van der Waals surface area contributed by atoms with Gasteiger partial charge in [0.2, 0.25) is 0 Å². The van der Waals surface area contributed by atoms with Crippen LogP contribution in [-0.4, -0.2) is 34.0 Å². The van der Waals surface area contributed by atoms with Gasteiger partial charge >= 0.3 is 0 Å². The Labute approximate surface area is 167 Å². The summed E-state index contributed by atoms with van der Waals surface area (Å²) in [5, 5.41) is 5.85. The monoisotopic (exact) mass is 411 g/mol. The average Bonchev–Trinajstić information content (AvgIpc) is 2.61. The second-order valence-corrected chi connectivity index (χ2v) is 7.98. The molecule has 0 aromatic heterocycles. The van der Waals surface area contributed by atoms with E-state index in [9.17, 15) is 13.2 Å². The maximum absolute atomic E-state index is 12.7. The SMILES string of the molecule is CNC(C)CNC(=O)c1cc(S(=O)(=O)Nc2ccccc2C)ccc1C.Cl. The quantitative estimate of drug-likeness (QED) is 0.653. The molecule has 8 heteroatoms. The number of carbonyl (C=O) groups is 1. The molecule has 0 bridgehead atoms. The topological polar surface area (TPSA) is 87.3 Å². The molecule has 27 heavy (non-hydrogen) atoms. The molecule has 0 radical (unpaired) electrons. The minimum Gasteiger partial charge on any atom is -0.350 e. The molecule has 0 aliphatic rings. The van der Waals surface area contributed by atoms with Crippen LogP contribution in [0.15, 0.2) is 47.4 Å². The predicted octanol–water partition coefficient (Wildman–Crippen LogP) is 2.86. The normalized spacial score (nSPS) is 12.0. The van der Waals surface area contributed by atoms with Crippen molar-refractivity contribution >= 4 is 34.0 Å². The van der Waals surface area contributed by atoms with E-state index in [-0.39, 0.29) is 29.3 Å². The third kappa shape index (κ3) is 5.95. The van der Waals surface area contributed by atoms with Gasteiger partial charge in [-0.3, -0.25) is 9.52 Å². The Balaban J connectivity index is 0.00000364. The number of benzene rings is 2. The summed E-state index contributed by atoms with van der Waals surface area (Å²) in [5.74, 6) is -0.294. The van der Waals surface area contributed by atoms with Gasteiger partial charge in [0.25, 0.3) is 15.9 Å². The van der Waals surface area contributed by atoms with Crippen LogP contribution in [0.25, 0.3) is 0 Å². The van der Waals surface area contributed by atoms with Crippen molar-refractivity contribution in [2.75, 3.05) is 18.3 Å². The van der Waals surface area contributed by atoms with Crippen LogP contribution in [0.3, 0.4) is 0 Å². The van der Waals surface area contributed by atoms with E-state index < -0.39 is 10.0 Å². The van der Waals surface area contributed by atoms with Crippen molar-refractivity contribution in [1.29, 1.82) is 0 Å². The highest BCUT2D eigenvalue weighted by atomic mass is 35.5. The molecule has 2 aromatic carbocycles. The van der Waals surface area contributed by atoms with Gasteiger partial charge in [-0.15, -0.1) is 12.4 Å². The van der Waals surface area contributed by atoms with Crippen LogP contribution in [0.2, 0.25) is 0 Å². The van der Waals surface area contributed by atoms with Crippen molar-refractivity contribution in [1.82, 2.24) is 10.6 Å². The molecule has 6 nitrogen and oxygen atoms in total. The Morgan fingerprint density at radius 2 is 1.74 bits per heavy atom. The summed E-state index contributed by atoms with van der Waals surface area (Å²) in [5.41, 5.74) is 2.40. The Bertz CT molecular complexity index is 901. The lowest BCUT2D eigenvalue weighted by Crippen LogP contribution is -2.37. The van der Waals surface area contributed by atoms with E-state index in [0.29, 0.717) is 17.8 Å². The Morgan fingerprint density at radius 3 is 2.37 bits per heavy atom. The highest BCUT2D eigenvalue weighted by Crippen LogP contribution is 2.21. The molecular weight excluding hydrogens is 386 g/mol. The van der Waals surface area contributed by atoms with E-state index in [0.717, 1.165) is 11.1 Å². The number of carbonyl (C=O) groups excluding carboxylic acids is 1. The lowest BCUT2D eigenvalue weighted by Gasteiger charge is -2.14. The van der Waals surface area contributed by atoms with Crippen LogP contribution >= 0.6 is 12.4 Å². The zero-order chi connectivity index (χ0) is 19.3. The van der Waals surface area contributed by atoms with Gasteiger partial charge in [-0.2, -0.15) is 0 Å². The van der Waals surface area contributed by atoms with Crippen molar-refractivity contribution in [3.63, 3.8) is 0 Å². The zero-order valence-electron chi connectivity index (χ0n) is 15.9. The van der Waals surface area contributed by atoms with Gasteiger partial charge in [0, 0.05) is 18.2 Å². The molecule has 0 spiro atoms. The minimum atomic E-state index is -3.79. The Morgan fingerprint density at radius 1 is 1.07 bits per heavy atom. The van der Waals surface area contributed by atoms with Gasteiger partial charge in [-0.25, -0.2) is 8.42 Å². The highest BCUT2D eigenvalue weighted by Gasteiger charge is 2.19. The number of sulfonamides is 1. The molecule has 0 aliphatic heterocycles. The molecule has 0 fully saturated rings. The number of halogens is 1. The van der Waals surface area contributed by atoms with E-state index in [1.807, 2.05) is 33.0 Å². The van der Waals surface area contributed by atoms with E-state index in [1.165, 1.54) is 12.1 Å². The van der Waals surface area contributed by atoms with Crippen LogP contribution < -0.4 is 15.4 Å². The Hall–Kier alpha value is -2.09. The van der Waals surface area contributed by atoms with Gasteiger partial charge in [0.05, 0.1) is 10.6 Å². The molecule has 1 atom stereocenters. The lowest BCUT2D eigenvalue weighted by molar-refractivity contribution is 0.0949. The van der Waals surface area contributed by atoms with Crippen molar-refractivity contribution in [3.8, 4) is 0 Å². The first-order valence-electron chi connectivity index (χ1n) is 8.39. The van der Waals surface area contributed by atoms with Crippen molar-refractivity contribution in [3.05, 3.63) is 59.2 Å². The first-order chi connectivity index (χ1) is 12.2. The molecule has 0 aliphatic carbocycles. The summed E-state index contributed by atoms with van der Waals surface area (Å²) in [7, 11) is -1.97. The number of hydrogen-bond donors (Lipinski definition) is 3. The molecule has 3 N–H and O–H groups in total. The smallest absolute Gasteiger partial charge is 0.261 e. The van der Waals surface area contributed by atoms with Crippen LogP contribution in [-0.2, 0) is 10.0 Å². The molecule has 2 aromatic rings. The molecule has 1 unspecified atom stereocenters. The fraction of sp³-hybridized carbons (Fsp3) is 0.316. The first-order valence-corrected chi connectivity index (χ1v) is 9.87. The number of amides is 1.